The number of aromatic nitrogens is 3. The maximum atomic E-state index is 12.4. The summed E-state index contributed by atoms with van der Waals surface area (Å²) in [4.78, 5) is 16.6. The summed E-state index contributed by atoms with van der Waals surface area (Å²) in [6.07, 6.45) is 2.52. The Morgan fingerprint density at radius 3 is 3.04 bits per heavy atom. The van der Waals surface area contributed by atoms with Gasteiger partial charge in [0.25, 0.3) is 5.91 Å². The van der Waals surface area contributed by atoms with E-state index < -0.39 is 0 Å². The number of amides is 1. The molecule has 1 aromatic carbocycles. The number of aromatic amines is 1. The average Bonchev–Trinajstić information content (AvgIpc) is 3.22. The minimum Gasteiger partial charge on any atom is -0.493 e. The van der Waals surface area contributed by atoms with Gasteiger partial charge in [-0.2, -0.15) is 5.10 Å². The molecule has 2 aromatic heterocycles. The van der Waals surface area contributed by atoms with Gasteiger partial charge in [-0.3, -0.25) is 14.9 Å². The van der Waals surface area contributed by atoms with Gasteiger partial charge in [0.1, 0.15) is 11.4 Å². The first-order chi connectivity index (χ1) is 13.2. The predicted molar refractivity (Wildman–Crippen MR) is 99.8 cm³/mol. The number of hydrogen-bond donors (Lipinski definition) is 2. The highest BCUT2D eigenvalue weighted by atomic mass is 16.5. The standard InChI is InChI=1S/C20H20N4O3/c1-26-18-7-4-5-14-9-13(12-27-19(14)18)11-22-20(25)17-10-16(23-24-17)15-6-2-3-8-21-15/h2-8,10,13H,9,11-12H2,1H3,(H,22,25)(H,23,24)/t13-/m1/s1. The molecule has 0 saturated heterocycles. The molecule has 7 nitrogen and oxygen atoms in total. The molecular weight excluding hydrogens is 344 g/mol. The lowest BCUT2D eigenvalue weighted by Crippen LogP contribution is -2.35. The summed E-state index contributed by atoms with van der Waals surface area (Å²) in [5.74, 6) is 1.55. The number of hydrogen-bond acceptors (Lipinski definition) is 5. The fraction of sp³-hybridized carbons (Fsp3) is 0.250. The second kappa shape index (κ2) is 7.49. The number of nitrogens with zero attached hydrogens (tertiary/aromatic N) is 2. The van der Waals surface area contributed by atoms with E-state index in [9.17, 15) is 4.79 Å². The van der Waals surface area contributed by atoms with E-state index in [4.69, 9.17) is 9.47 Å². The van der Waals surface area contributed by atoms with Crippen molar-refractivity contribution in [1.82, 2.24) is 20.5 Å². The number of rotatable bonds is 5. The van der Waals surface area contributed by atoms with Crippen molar-refractivity contribution in [3.8, 4) is 22.9 Å². The van der Waals surface area contributed by atoms with Crippen LogP contribution in [0, 0.1) is 5.92 Å². The molecule has 1 aliphatic heterocycles. The Labute approximate surface area is 156 Å². The second-order valence-electron chi connectivity index (χ2n) is 6.42. The molecule has 0 fully saturated rings. The first-order valence-corrected chi connectivity index (χ1v) is 8.78. The summed E-state index contributed by atoms with van der Waals surface area (Å²) >= 11 is 0. The van der Waals surface area contributed by atoms with E-state index in [1.165, 1.54) is 0 Å². The summed E-state index contributed by atoms with van der Waals surface area (Å²) in [7, 11) is 1.63. The minimum atomic E-state index is -0.193. The van der Waals surface area contributed by atoms with Gasteiger partial charge < -0.3 is 14.8 Å². The average molecular weight is 364 g/mol. The molecule has 1 atom stereocenters. The van der Waals surface area contributed by atoms with Crippen molar-refractivity contribution in [2.24, 2.45) is 5.92 Å². The molecule has 0 bridgehead atoms. The number of carbonyl (C=O) groups is 1. The largest absolute Gasteiger partial charge is 0.493 e. The van der Waals surface area contributed by atoms with Crippen LogP contribution in [0.25, 0.3) is 11.4 Å². The van der Waals surface area contributed by atoms with Gasteiger partial charge in [-0.25, -0.2) is 0 Å². The number of H-pyrrole nitrogens is 1. The summed E-state index contributed by atoms with van der Waals surface area (Å²) in [6, 6.07) is 13.1. The molecule has 1 aliphatic rings. The summed E-state index contributed by atoms with van der Waals surface area (Å²) < 4.78 is 11.2. The summed E-state index contributed by atoms with van der Waals surface area (Å²) in [6.45, 7) is 1.06. The Morgan fingerprint density at radius 1 is 1.30 bits per heavy atom. The van der Waals surface area contributed by atoms with Crippen LogP contribution in [0.4, 0.5) is 0 Å². The van der Waals surface area contributed by atoms with Crippen LogP contribution < -0.4 is 14.8 Å². The summed E-state index contributed by atoms with van der Waals surface area (Å²) in [5.41, 5.74) is 2.87. The molecule has 0 saturated carbocycles. The van der Waals surface area contributed by atoms with Gasteiger partial charge in [0.15, 0.2) is 11.5 Å². The fourth-order valence-electron chi connectivity index (χ4n) is 3.16. The van der Waals surface area contributed by atoms with Crippen LogP contribution in [0.5, 0.6) is 11.5 Å². The lowest BCUT2D eigenvalue weighted by molar-refractivity contribution is 0.0933. The zero-order valence-electron chi connectivity index (χ0n) is 14.9. The number of pyridine rings is 1. The Hall–Kier alpha value is -3.35. The first-order valence-electron chi connectivity index (χ1n) is 8.78. The van der Waals surface area contributed by atoms with Gasteiger partial charge in [0, 0.05) is 18.7 Å². The van der Waals surface area contributed by atoms with Gasteiger partial charge in [-0.1, -0.05) is 18.2 Å². The second-order valence-corrected chi connectivity index (χ2v) is 6.42. The van der Waals surface area contributed by atoms with E-state index in [2.05, 4.69) is 20.5 Å². The number of ether oxygens (including phenoxy) is 2. The van der Waals surface area contributed by atoms with E-state index in [0.717, 1.165) is 29.2 Å². The predicted octanol–water partition coefficient (Wildman–Crippen LogP) is 2.46. The van der Waals surface area contributed by atoms with Crippen molar-refractivity contribution < 1.29 is 14.3 Å². The summed E-state index contributed by atoms with van der Waals surface area (Å²) in [5, 5.41) is 9.89. The number of nitrogens with one attached hydrogen (secondary N) is 2. The Balaban J connectivity index is 1.37. The minimum absolute atomic E-state index is 0.193. The van der Waals surface area contributed by atoms with Crippen LogP contribution in [-0.4, -0.2) is 41.3 Å². The lowest BCUT2D eigenvalue weighted by Gasteiger charge is -2.26. The Morgan fingerprint density at radius 2 is 2.22 bits per heavy atom. The van der Waals surface area contributed by atoms with Crippen LogP contribution in [0.3, 0.4) is 0 Å². The van der Waals surface area contributed by atoms with Gasteiger partial charge in [-0.05, 0) is 36.2 Å². The molecule has 7 heteroatoms. The van der Waals surface area contributed by atoms with Crippen LogP contribution in [0.15, 0.2) is 48.7 Å². The molecule has 1 amide bonds. The fourth-order valence-corrected chi connectivity index (χ4v) is 3.16. The number of methoxy groups -OCH3 is 1. The lowest BCUT2D eigenvalue weighted by atomic mass is 9.96. The highest BCUT2D eigenvalue weighted by Gasteiger charge is 2.23. The maximum Gasteiger partial charge on any atom is 0.269 e. The van der Waals surface area contributed by atoms with Crippen molar-refractivity contribution in [2.75, 3.05) is 20.3 Å². The highest BCUT2D eigenvalue weighted by Crippen LogP contribution is 2.35. The molecule has 0 aliphatic carbocycles. The molecule has 0 radical (unpaired) electrons. The van der Waals surface area contributed by atoms with E-state index in [-0.39, 0.29) is 11.8 Å². The number of fused-ring (bicyclic) bond motifs is 1. The quantitative estimate of drug-likeness (QED) is 0.726. The molecule has 27 heavy (non-hydrogen) atoms. The third kappa shape index (κ3) is 3.62. The Kier molecular flexibility index (Phi) is 4.74. The SMILES string of the molecule is COc1cccc2c1OC[C@@H](CNC(=O)c1cc(-c3ccccn3)n[nH]1)C2. The maximum absolute atomic E-state index is 12.4. The zero-order chi connectivity index (χ0) is 18.6. The monoisotopic (exact) mass is 364 g/mol. The van der Waals surface area contributed by atoms with Crippen molar-refractivity contribution >= 4 is 5.91 Å². The molecule has 0 unspecified atom stereocenters. The molecule has 3 aromatic rings. The highest BCUT2D eigenvalue weighted by molar-refractivity contribution is 5.93. The molecular formula is C20H20N4O3. The van der Waals surface area contributed by atoms with Crippen LogP contribution >= 0.6 is 0 Å². The Bertz CT molecular complexity index is 939. The van der Waals surface area contributed by atoms with Crippen molar-refractivity contribution in [1.29, 1.82) is 0 Å². The van der Waals surface area contributed by atoms with Crippen LogP contribution in [0.1, 0.15) is 16.1 Å². The molecule has 0 spiro atoms. The third-order valence-corrected chi connectivity index (χ3v) is 4.55. The van der Waals surface area contributed by atoms with E-state index in [0.29, 0.717) is 24.5 Å². The van der Waals surface area contributed by atoms with Crippen molar-refractivity contribution in [3.05, 3.63) is 59.9 Å². The van der Waals surface area contributed by atoms with Gasteiger partial charge in [0.2, 0.25) is 0 Å². The van der Waals surface area contributed by atoms with Crippen LogP contribution in [-0.2, 0) is 6.42 Å². The van der Waals surface area contributed by atoms with E-state index in [1.807, 2.05) is 36.4 Å². The molecule has 4 rings (SSSR count). The number of benzene rings is 1. The van der Waals surface area contributed by atoms with E-state index in [1.54, 1.807) is 19.4 Å². The number of carbonyl (C=O) groups excluding carboxylic acids is 1. The molecule has 138 valence electrons. The van der Waals surface area contributed by atoms with Gasteiger partial charge in [0.05, 0.1) is 19.4 Å². The van der Waals surface area contributed by atoms with E-state index >= 15 is 0 Å². The molecule has 2 N–H and O–H groups in total. The van der Waals surface area contributed by atoms with Crippen LogP contribution in [0.2, 0.25) is 0 Å². The van der Waals surface area contributed by atoms with Gasteiger partial charge >= 0.3 is 0 Å². The van der Waals surface area contributed by atoms with Crippen molar-refractivity contribution in [2.45, 2.75) is 6.42 Å². The van der Waals surface area contributed by atoms with Crippen molar-refractivity contribution in [3.63, 3.8) is 0 Å². The topological polar surface area (TPSA) is 89.1 Å². The third-order valence-electron chi connectivity index (χ3n) is 4.55. The first kappa shape index (κ1) is 17.1. The smallest absolute Gasteiger partial charge is 0.269 e. The number of para-hydroxylation sites is 1. The van der Waals surface area contributed by atoms with Gasteiger partial charge in [-0.15, -0.1) is 0 Å². The molecule has 3 heterocycles. The normalized spacial score (nSPS) is 15.5. The zero-order valence-corrected chi connectivity index (χ0v) is 14.9.